The lowest BCUT2D eigenvalue weighted by atomic mass is 9.95. The highest BCUT2D eigenvalue weighted by Crippen LogP contribution is 2.30. The molecule has 5 heteroatoms. The molecule has 0 aliphatic rings. The van der Waals surface area contributed by atoms with Crippen LogP contribution < -0.4 is 14.8 Å². The van der Waals surface area contributed by atoms with Crippen LogP contribution in [0.15, 0.2) is 72.8 Å². The number of methoxy groups -OCH3 is 2. The summed E-state index contributed by atoms with van der Waals surface area (Å²) in [6.07, 6.45) is 0. The van der Waals surface area contributed by atoms with Crippen LogP contribution in [0.4, 0.5) is 5.69 Å². The van der Waals surface area contributed by atoms with E-state index in [1.165, 1.54) is 0 Å². The predicted octanol–water partition coefficient (Wildman–Crippen LogP) is 4.68. The number of nitrogens with one attached hydrogen (secondary N) is 1. The van der Waals surface area contributed by atoms with Gasteiger partial charge in [0.25, 0.3) is 0 Å². The minimum absolute atomic E-state index is 0.0745. The van der Waals surface area contributed by atoms with Crippen LogP contribution in [0.1, 0.15) is 34.3 Å². The molecule has 0 heterocycles. The summed E-state index contributed by atoms with van der Waals surface area (Å²) in [4.78, 5) is 25.5. The van der Waals surface area contributed by atoms with E-state index < -0.39 is 5.92 Å². The van der Waals surface area contributed by atoms with Gasteiger partial charge in [0.05, 0.1) is 25.8 Å². The fourth-order valence-electron chi connectivity index (χ4n) is 3.01. The molecule has 1 amide bonds. The molecule has 3 aromatic carbocycles. The van der Waals surface area contributed by atoms with Gasteiger partial charge in [-0.05, 0) is 30.7 Å². The Morgan fingerprint density at radius 1 is 0.828 bits per heavy atom. The zero-order valence-electron chi connectivity index (χ0n) is 16.6. The second kappa shape index (κ2) is 9.06. The van der Waals surface area contributed by atoms with Crippen LogP contribution in [0.25, 0.3) is 0 Å². The third-order valence-corrected chi connectivity index (χ3v) is 4.74. The van der Waals surface area contributed by atoms with Crippen molar-refractivity contribution >= 4 is 17.4 Å². The Morgan fingerprint density at radius 3 is 2.24 bits per heavy atom. The summed E-state index contributed by atoms with van der Waals surface area (Å²) in [5, 5.41) is 2.89. The summed E-state index contributed by atoms with van der Waals surface area (Å²) < 4.78 is 10.5. The van der Waals surface area contributed by atoms with Gasteiger partial charge in [-0.2, -0.15) is 0 Å². The summed E-state index contributed by atoms with van der Waals surface area (Å²) in [6.45, 7) is 1.80. The topological polar surface area (TPSA) is 64.6 Å². The Kier molecular flexibility index (Phi) is 6.29. The zero-order chi connectivity index (χ0) is 20.8. The van der Waals surface area contributed by atoms with Crippen molar-refractivity contribution in [3.63, 3.8) is 0 Å². The number of benzene rings is 3. The van der Waals surface area contributed by atoms with Crippen molar-refractivity contribution in [3.05, 3.63) is 89.5 Å². The maximum absolute atomic E-state index is 12.8. The number of amides is 1. The van der Waals surface area contributed by atoms with Crippen molar-refractivity contribution in [1.82, 2.24) is 0 Å². The molecule has 0 aliphatic carbocycles. The number of ketones is 1. The Hall–Kier alpha value is -3.60. The molecule has 1 atom stereocenters. The SMILES string of the molecule is COc1ccc(OC)c(NC(=O)[C@H](C)c2cccc(C(=O)c3ccccc3)c2)c1. The van der Waals surface area contributed by atoms with Gasteiger partial charge in [0.15, 0.2) is 5.78 Å². The second-order valence-corrected chi connectivity index (χ2v) is 6.60. The molecule has 29 heavy (non-hydrogen) atoms. The average Bonchev–Trinajstić information content (AvgIpc) is 2.78. The minimum atomic E-state index is -0.463. The van der Waals surface area contributed by atoms with E-state index in [4.69, 9.17) is 9.47 Å². The largest absolute Gasteiger partial charge is 0.497 e. The number of rotatable bonds is 7. The van der Waals surface area contributed by atoms with Crippen molar-refractivity contribution in [2.45, 2.75) is 12.8 Å². The summed E-state index contributed by atoms with van der Waals surface area (Å²) in [5.74, 6) is 0.411. The fraction of sp³-hybridized carbons (Fsp3) is 0.167. The standard InChI is InChI=1S/C24H23NO4/c1-16(24(27)25-21-15-20(28-2)12-13-22(21)29-3)18-10-7-11-19(14-18)23(26)17-8-5-4-6-9-17/h4-16H,1-3H3,(H,25,27)/t16-/m1/s1. The molecule has 0 unspecified atom stereocenters. The maximum atomic E-state index is 12.8. The Labute approximate surface area is 170 Å². The summed E-state index contributed by atoms with van der Waals surface area (Å²) >= 11 is 0. The van der Waals surface area contributed by atoms with Crippen molar-refractivity contribution in [2.75, 3.05) is 19.5 Å². The van der Waals surface area contributed by atoms with Gasteiger partial charge in [-0.3, -0.25) is 9.59 Å². The number of ether oxygens (including phenoxy) is 2. The summed E-state index contributed by atoms with van der Waals surface area (Å²) in [5.41, 5.74) is 2.45. The normalized spacial score (nSPS) is 11.4. The molecule has 3 rings (SSSR count). The van der Waals surface area contributed by atoms with Gasteiger partial charge in [-0.1, -0.05) is 48.5 Å². The lowest BCUT2D eigenvalue weighted by Crippen LogP contribution is -2.19. The third kappa shape index (κ3) is 4.63. The van der Waals surface area contributed by atoms with Gasteiger partial charge in [0.2, 0.25) is 5.91 Å². The van der Waals surface area contributed by atoms with Gasteiger partial charge < -0.3 is 14.8 Å². The van der Waals surface area contributed by atoms with Crippen molar-refractivity contribution in [1.29, 1.82) is 0 Å². The van der Waals surface area contributed by atoms with Gasteiger partial charge in [-0.15, -0.1) is 0 Å². The van der Waals surface area contributed by atoms with Crippen molar-refractivity contribution in [2.24, 2.45) is 0 Å². The molecule has 0 aliphatic heterocycles. The predicted molar refractivity (Wildman–Crippen MR) is 113 cm³/mol. The van der Waals surface area contributed by atoms with Crippen LogP contribution in [-0.2, 0) is 4.79 Å². The molecule has 5 nitrogen and oxygen atoms in total. The van der Waals surface area contributed by atoms with E-state index in [1.54, 1.807) is 69.7 Å². The molecule has 0 bridgehead atoms. The van der Waals surface area contributed by atoms with Crippen LogP contribution in [0.5, 0.6) is 11.5 Å². The Morgan fingerprint density at radius 2 is 1.55 bits per heavy atom. The highest BCUT2D eigenvalue weighted by atomic mass is 16.5. The molecule has 148 valence electrons. The van der Waals surface area contributed by atoms with Crippen LogP contribution in [0.3, 0.4) is 0 Å². The number of hydrogen-bond acceptors (Lipinski definition) is 4. The number of hydrogen-bond donors (Lipinski definition) is 1. The van der Waals surface area contributed by atoms with E-state index in [0.717, 1.165) is 5.56 Å². The molecule has 0 fully saturated rings. The first kappa shape index (κ1) is 20.1. The lowest BCUT2D eigenvalue weighted by Gasteiger charge is -2.16. The number of carbonyl (C=O) groups is 2. The van der Waals surface area contributed by atoms with Gasteiger partial charge in [0, 0.05) is 17.2 Å². The first-order chi connectivity index (χ1) is 14.0. The molecule has 0 spiro atoms. The minimum Gasteiger partial charge on any atom is -0.497 e. The van der Waals surface area contributed by atoms with Crippen LogP contribution in [0, 0.1) is 0 Å². The molecule has 3 aromatic rings. The highest BCUT2D eigenvalue weighted by Gasteiger charge is 2.19. The quantitative estimate of drug-likeness (QED) is 0.596. The van der Waals surface area contributed by atoms with Crippen LogP contribution >= 0.6 is 0 Å². The maximum Gasteiger partial charge on any atom is 0.231 e. The average molecular weight is 389 g/mol. The molecule has 0 aromatic heterocycles. The third-order valence-electron chi connectivity index (χ3n) is 4.74. The first-order valence-corrected chi connectivity index (χ1v) is 9.26. The van der Waals surface area contributed by atoms with Gasteiger partial charge in [-0.25, -0.2) is 0 Å². The molecule has 0 saturated heterocycles. The van der Waals surface area contributed by atoms with E-state index in [2.05, 4.69) is 5.32 Å². The number of anilines is 1. The smallest absolute Gasteiger partial charge is 0.231 e. The molecular formula is C24H23NO4. The first-order valence-electron chi connectivity index (χ1n) is 9.26. The Balaban J connectivity index is 1.81. The van der Waals surface area contributed by atoms with Crippen LogP contribution in [-0.4, -0.2) is 25.9 Å². The van der Waals surface area contributed by atoms with E-state index in [1.807, 2.05) is 24.3 Å². The molecule has 0 radical (unpaired) electrons. The number of carbonyl (C=O) groups excluding carboxylic acids is 2. The zero-order valence-corrected chi connectivity index (χ0v) is 16.6. The fourth-order valence-corrected chi connectivity index (χ4v) is 3.01. The molecular weight excluding hydrogens is 366 g/mol. The monoisotopic (exact) mass is 389 g/mol. The van der Waals surface area contributed by atoms with E-state index in [-0.39, 0.29) is 11.7 Å². The summed E-state index contributed by atoms with van der Waals surface area (Å²) in [7, 11) is 3.10. The highest BCUT2D eigenvalue weighted by molar-refractivity contribution is 6.09. The Bertz CT molecular complexity index is 1010. The summed E-state index contributed by atoms with van der Waals surface area (Å²) in [6, 6.07) is 21.4. The van der Waals surface area contributed by atoms with Crippen LogP contribution in [0.2, 0.25) is 0 Å². The van der Waals surface area contributed by atoms with Gasteiger partial charge in [0.1, 0.15) is 11.5 Å². The van der Waals surface area contributed by atoms with E-state index in [9.17, 15) is 9.59 Å². The lowest BCUT2D eigenvalue weighted by molar-refractivity contribution is -0.117. The van der Waals surface area contributed by atoms with E-state index >= 15 is 0 Å². The van der Waals surface area contributed by atoms with Gasteiger partial charge >= 0.3 is 0 Å². The van der Waals surface area contributed by atoms with Crippen molar-refractivity contribution < 1.29 is 19.1 Å². The molecule has 1 N–H and O–H groups in total. The second-order valence-electron chi connectivity index (χ2n) is 6.60. The molecule has 0 saturated carbocycles. The van der Waals surface area contributed by atoms with E-state index in [0.29, 0.717) is 28.3 Å². The van der Waals surface area contributed by atoms with Crippen molar-refractivity contribution in [3.8, 4) is 11.5 Å².